The zero-order chi connectivity index (χ0) is 14.6. The average molecular weight is 268 g/mol. The van der Waals surface area contributed by atoms with E-state index in [1.807, 2.05) is 27.8 Å². The minimum absolute atomic E-state index is 0.112. The second-order valence-electron chi connectivity index (χ2n) is 4.90. The van der Waals surface area contributed by atoms with Gasteiger partial charge in [0.1, 0.15) is 0 Å². The Labute approximate surface area is 114 Å². The summed E-state index contributed by atoms with van der Waals surface area (Å²) in [6.07, 6.45) is 0.790. The maximum Gasteiger partial charge on any atom is 0.237 e. The van der Waals surface area contributed by atoms with Gasteiger partial charge >= 0.3 is 0 Å². The summed E-state index contributed by atoms with van der Waals surface area (Å²) in [5, 5.41) is 7.21. The van der Waals surface area contributed by atoms with Crippen molar-refractivity contribution in [3.63, 3.8) is 0 Å². The van der Waals surface area contributed by atoms with Crippen LogP contribution in [-0.4, -0.2) is 28.8 Å². The molecule has 1 amide bonds. The van der Waals surface area contributed by atoms with Gasteiger partial charge in [0.25, 0.3) is 0 Å². The molecule has 108 valence electrons. The van der Waals surface area contributed by atoms with E-state index in [2.05, 4.69) is 10.4 Å². The van der Waals surface area contributed by atoms with Gasteiger partial charge in [0.15, 0.2) is 0 Å². The highest BCUT2D eigenvalue weighted by molar-refractivity contribution is 5.81. The molecule has 0 saturated heterocycles. The van der Waals surface area contributed by atoms with Crippen molar-refractivity contribution in [2.45, 2.75) is 39.8 Å². The summed E-state index contributed by atoms with van der Waals surface area (Å²) >= 11 is 0. The number of amides is 1. The van der Waals surface area contributed by atoms with Crippen molar-refractivity contribution in [1.82, 2.24) is 15.1 Å². The molecule has 3 N–H and O–H groups in total. The standard InChI is InChI=1S/C13H24N4O2/c1-6-10-9(13(19-5)17(4)16-10)7-15-12(18)11(14)8(2)3/h8,11H,6-7,14H2,1-5H3,(H,15,18)/t11-/m0/s1. The predicted octanol–water partition coefficient (Wildman–Crippen LogP) is 0.591. The summed E-state index contributed by atoms with van der Waals surface area (Å²) < 4.78 is 7.00. The number of nitrogens with two attached hydrogens (primary N) is 1. The Morgan fingerprint density at radius 3 is 2.63 bits per heavy atom. The molecule has 1 aromatic rings. The van der Waals surface area contributed by atoms with Crippen molar-refractivity contribution in [3.05, 3.63) is 11.3 Å². The van der Waals surface area contributed by atoms with Crippen LogP contribution < -0.4 is 15.8 Å². The monoisotopic (exact) mass is 268 g/mol. The van der Waals surface area contributed by atoms with Gasteiger partial charge in [0, 0.05) is 7.05 Å². The Bertz CT molecular complexity index is 440. The Hall–Kier alpha value is -1.56. The molecule has 6 heteroatoms. The number of carbonyl (C=O) groups excluding carboxylic acids is 1. The summed E-state index contributed by atoms with van der Waals surface area (Å²) in [5.74, 6) is 0.639. The highest BCUT2D eigenvalue weighted by Crippen LogP contribution is 2.21. The summed E-state index contributed by atoms with van der Waals surface area (Å²) in [6, 6.07) is -0.493. The van der Waals surface area contributed by atoms with E-state index in [9.17, 15) is 4.79 Å². The van der Waals surface area contributed by atoms with E-state index in [-0.39, 0.29) is 11.8 Å². The van der Waals surface area contributed by atoms with Gasteiger partial charge in [-0.05, 0) is 12.3 Å². The molecule has 0 radical (unpaired) electrons. The molecular formula is C13H24N4O2. The first kappa shape index (κ1) is 15.5. The normalized spacial score (nSPS) is 12.6. The maximum atomic E-state index is 11.9. The van der Waals surface area contributed by atoms with Crippen LogP contribution in [0.4, 0.5) is 0 Å². The van der Waals surface area contributed by atoms with Crippen LogP contribution >= 0.6 is 0 Å². The summed E-state index contributed by atoms with van der Waals surface area (Å²) in [6.45, 7) is 6.26. The largest absolute Gasteiger partial charge is 0.481 e. The number of methoxy groups -OCH3 is 1. The molecule has 0 bridgehead atoms. The van der Waals surface area contributed by atoms with Gasteiger partial charge in [0.2, 0.25) is 11.8 Å². The number of aromatic nitrogens is 2. The summed E-state index contributed by atoms with van der Waals surface area (Å²) in [4.78, 5) is 11.9. The SMILES string of the molecule is CCc1nn(C)c(OC)c1CNC(=O)[C@@H](N)C(C)C. The van der Waals surface area contributed by atoms with Crippen molar-refractivity contribution in [2.75, 3.05) is 7.11 Å². The van der Waals surface area contributed by atoms with E-state index in [1.165, 1.54) is 0 Å². The predicted molar refractivity (Wildman–Crippen MR) is 73.8 cm³/mol. The Kier molecular flexibility index (Phi) is 5.35. The molecule has 0 aliphatic rings. The van der Waals surface area contributed by atoms with Gasteiger partial charge in [0.05, 0.1) is 31.0 Å². The topological polar surface area (TPSA) is 82.2 Å². The van der Waals surface area contributed by atoms with E-state index in [4.69, 9.17) is 10.5 Å². The van der Waals surface area contributed by atoms with E-state index < -0.39 is 6.04 Å². The molecule has 0 saturated carbocycles. The van der Waals surface area contributed by atoms with Crippen LogP contribution in [0.25, 0.3) is 0 Å². The molecule has 0 fully saturated rings. The number of ether oxygens (including phenoxy) is 1. The van der Waals surface area contributed by atoms with E-state index in [0.29, 0.717) is 12.4 Å². The summed E-state index contributed by atoms with van der Waals surface area (Å²) in [5.41, 5.74) is 7.65. The second kappa shape index (κ2) is 6.56. The molecule has 6 nitrogen and oxygen atoms in total. The van der Waals surface area contributed by atoms with Gasteiger partial charge < -0.3 is 15.8 Å². The summed E-state index contributed by atoms with van der Waals surface area (Å²) in [7, 11) is 3.42. The van der Waals surface area contributed by atoms with Crippen LogP contribution in [0.15, 0.2) is 0 Å². The van der Waals surface area contributed by atoms with E-state index >= 15 is 0 Å². The third-order valence-corrected chi connectivity index (χ3v) is 3.16. The number of nitrogens with zero attached hydrogens (tertiary/aromatic N) is 2. The van der Waals surface area contributed by atoms with Crippen LogP contribution in [0.3, 0.4) is 0 Å². The average Bonchev–Trinajstić information content (AvgIpc) is 2.69. The van der Waals surface area contributed by atoms with Crippen molar-refractivity contribution < 1.29 is 9.53 Å². The number of nitrogens with one attached hydrogen (secondary N) is 1. The molecule has 0 aromatic carbocycles. The molecule has 0 aliphatic carbocycles. The molecule has 0 spiro atoms. The lowest BCUT2D eigenvalue weighted by Gasteiger charge is -2.15. The first-order valence-corrected chi connectivity index (χ1v) is 6.54. The van der Waals surface area contributed by atoms with Crippen molar-refractivity contribution >= 4 is 5.91 Å². The third-order valence-electron chi connectivity index (χ3n) is 3.16. The molecule has 19 heavy (non-hydrogen) atoms. The minimum Gasteiger partial charge on any atom is -0.481 e. The maximum absolute atomic E-state index is 11.9. The van der Waals surface area contributed by atoms with Gasteiger partial charge in [-0.15, -0.1) is 0 Å². The fourth-order valence-corrected chi connectivity index (χ4v) is 1.92. The molecule has 0 unspecified atom stereocenters. The molecule has 1 heterocycles. The van der Waals surface area contributed by atoms with Crippen molar-refractivity contribution in [2.24, 2.45) is 18.7 Å². The van der Waals surface area contributed by atoms with Crippen molar-refractivity contribution in [1.29, 1.82) is 0 Å². The molecule has 1 rings (SSSR count). The van der Waals surface area contributed by atoms with Gasteiger partial charge in [-0.3, -0.25) is 4.79 Å². The third kappa shape index (κ3) is 3.47. The minimum atomic E-state index is -0.493. The quantitative estimate of drug-likeness (QED) is 0.791. The molecular weight excluding hydrogens is 244 g/mol. The highest BCUT2D eigenvalue weighted by atomic mass is 16.5. The highest BCUT2D eigenvalue weighted by Gasteiger charge is 2.20. The Morgan fingerprint density at radius 1 is 1.53 bits per heavy atom. The van der Waals surface area contributed by atoms with Crippen LogP contribution in [0.2, 0.25) is 0 Å². The lowest BCUT2D eigenvalue weighted by Crippen LogP contribution is -2.43. The number of aryl methyl sites for hydroxylation is 2. The van der Waals surface area contributed by atoms with Crippen LogP contribution in [0.1, 0.15) is 32.0 Å². The van der Waals surface area contributed by atoms with Gasteiger partial charge in [-0.2, -0.15) is 5.10 Å². The lowest BCUT2D eigenvalue weighted by atomic mass is 10.0. The lowest BCUT2D eigenvalue weighted by molar-refractivity contribution is -0.123. The van der Waals surface area contributed by atoms with E-state index in [1.54, 1.807) is 11.8 Å². The first-order valence-electron chi connectivity index (χ1n) is 6.54. The molecule has 0 aliphatic heterocycles. The van der Waals surface area contributed by atoms with Crippen LogP contribution in [0, 0.1) is 5.92 Å². The first-order chi connectivity index (χ1) is 8.92. The Balaban J connectivity index is 2.80. The van der Waals surface area contributed by atoms with Gasteiger partial charge in [-0.1, -0.05) is 20.8 Å². The van der Waals surface area contributed by atoms with Gasteiger partial charge in [-0.25, -0.2) is 4.68 Å². The molecule has 1 atom stereocenters. The fourth-order valence-electron chi connectivity index (χ4n) is 1.92. The molecule has 1 aromatic heterocycles. The fraction of sp³-hybridized carbons (Fsp3) is 0.692. The van der Waals surface area contributed by atoms with Crippen LogP contribution in [0.5, 0.6) is 5.88 Å². The second-order valence-corrected chi connectivity index (χ2v) is 4.90. The number of hydrogen-bond donors (Lipinski definition) is 2. The zero-order valence-corrected chi connectivity index (χ0v) is 12.4. The number of carbonyl (C=O) groups is 1. The Morgan fingerprint density at radius 2 is 2.16 bits per heavy atom. The number of hydrogen-bond acceptors (Lipinski definition) is 4. The number of rotatable bonds is 6. The van der Waals surface area contributed by atoms with E-state index in [0.717, 1.165) is 17.7 Å². The smallest absolute Gasteiger partial charge is 0.237 e. The van der Waals surface area contributed by atoms with Crippen LogP contribution in [-0.2, 0) is 24.8 Å². The van der Waals surface area contributed by atoms with Crippen molar-refractivity contribution in [3.8, 4) is 5.88 Å². The zero-order valence-electron chi connectivity index (χ0n) is 12.4.